The second kappa shape index (κ2) is 11.6. The number of anilines is 1. The van der Waals surface area contributed by atoms with Crippen LogP contribution in [0.2, 0.25) is 0 Å². The van der Waals surface area contributed by atoms with Gasteiger partial charge in [0.1, 0.15) is 11.5 Å². The summed E-state index contributed by atoms with van der Waals surface area (Å²) in [7, 11) is 1.63. The molecular weight excluding hydrogens is 504 g/mol. The molecule has 1 heterocycles. The lowest BCUT2D eigenvalue weighted by atomic mass is 10.2. The van der Waals surface area contributed by atoms with Gasteiger partial charge in [0, 0.05) is 16.7 Å². The zero-order valence-corrected chi connectivity index (χ0v) is 21.9. The van der Waals surface area contributed by atoms with Crippen LogP contribution in [0.3, 0.4) is 0 Å². The van der Waals surface area contributed by atoms with E-state index in [4.69, 9.17) is 9.47 Å². The van der Waals surface area contributed by atoms with E-state index in [1.165, 1.54) is 11.8 Å². The number of carbonyl (C=O) groups is 1. The van der Waals surface area contributed by atoms with Crippen molar-refractivity contribution >= 4 is 39.3 Å². The molecule has 0 aliphatic carbocycles. The van der Waals surface area contributed by atoms with E-state index in [0.717, 1.165) is 39.6 Å². The third kappa shape index (κ3) is 6.98. The molecule has 0 aliphatic heterocycles. The number of methoxy groups -OCH3 is 1. The van der Waals surface area contributed by atoms with Crippen LogP contribution in [0, 0.1) is 12.8 Å². The second-order valence-corrected chi connectivity index (χ2v) is 9.88. The van der Waals surface area contributed by atoms with Crippen LogP contribution in [0.4, 0.5) is 5.69 Å². The van der Waals surface area contributed by atoms with E-state index >= 15 is 0 Å². The van der Waals surface area contributed by atoms with Crippen molar-refractivity contribution in [3.05, 3.63) is 58.3 Å². The van der Waals surface area contributed by atoms with Gasteiger partial charge in [-0.3, -0.25) is 4.79 Å². The first-order chi connectivity index (χ1) is 15.8. The summed E-state index contributed by atoms with van der Waals surface area (Å²) in [6, 6.07) is 13.2. The van der Waals surface area contributed by atoms with Crippen LogP contribution in [-0.4, -0.2) is 33.5 Å². The fourth-order valence-corrected chi connectivity index (χ4v) is 4.21. The number of amides is 1. The maximum atomic E-state index is 12.5. The highest BCUT2D eigenvalue weighted by atomic mass is 79.9. The highest BCUT2D eigenvalue weighted by Gasteiger charge is 2.21. The first-order valence-electron chi connectivity index (χ1n) is 10.7. The third-order valence-electron chi connectivity index (χ3n) is 4.80. The Labute approximate surface area is 207 Å². The van der Waals surface area contributed by atoms with Gasteiger partial charge in [-0.1, -0.05) is 41.5 Å². The standard InChI is InChI=1S/C24H29BrN4O3S/c1-15(2)13-29-23(17(4)32-20-9-7-19(31-5)8-10-20)27-28-24(29)33-14-22(30)26-18-6-11-21(25)16(3)12-18/h6-12,15,17H,13-14H2,1-5H3,(H,26,30). The Balaban J connectivity index is 1.68. The van der Waals surface area contributed by atoms with Crippen molar-refractivity contribution < 1.29 is 14.3 Å². The van der Waals surface area contributed by atoms with E-state index in [-0.39, 0.29) is 17.8 Å². The monoisotopic (exact) mass is 532 g/mol. The summed E-state index contributed by atoms with van der Waals surface area (Å²) in [6.45, 7) is 8.93. The highest BCUT2D eigenvalue weighted by Crippen LogP contribution is 2.27. The summed E-state index contributed by atoms with van der Waals surface area (Å²) in [5.41, 5.74) is 1.83. The highest BCUT2D eigenvalue weighted by molar-refractivity contribution is 9.10. The summed E-state index contributed by atoms with van der Waals surface area (Å²) < 4.78 is 14.3. The van der Waals surface area contributed by atoms with Gasteiger partial charge in [0.15, 0.2) is 17.1 Å². The summed E-state index contributed by atoms with van der Waals surface area (Å²) >= 11 is 4.84. The quantitative estimate of drug-likeness (QED) is 0.328. The Morgan fingerprint density at radius 1 is 1.12 bits per heavy atom. The summed E-state index contributed by atoms with van der Waals surface area (Å²) in [4.78, 5) is 12.5. The fourth-order valence-electron chi connectivity index (χ4n) is 3.21. The van der Waals surface area contributed by atoms with Crippen LogP contribution in [0.5, 0.6) is 11.5 Å². The zero-order valence-electron chi connectivity index (χ0n) is 19.5. The average molecular weight is 533 g/mol. The molecule has 0 spiro atoms. The van der Waals surface area contributed by atoms with Gasteiger partial charge in [-0.15, -0.1) is 10.2 Å². The lowest BCUT2D eigenvalue weighted by Gasteiger charge is -2.18. The van der Waals surface area contributed by atoms with Gasteiger partial charge in [0.05, 0.1) is 12.9 Å². The zero-order chi connectivity index (χ0) is 24.0. The SMILES string of the molecule is COc1ccc(OC(C)c2nnc(SCC(=O)Nc3ccc(Br)c(C)c3)n2CC(C)C)cc1. The van der Waals surface area contributed by atoms with Gasteiger partial charge in [0.2, 0.25) is 5.91 Å². The first-order valence-corrected chi connectivity index (χ1v) is 12.5. The van der Waals surface area contributed by atoms with Crippen molar-refractivity contribution in [1.29, 1.82) is 0 Å². The Kier molecular flexibility index (Phi) is 8.80. The number of rotatable bonds is 10. The molecule has 0 aliphatic rings. The Morgan fingerprint density at radius 2 is 1.82 bits per heavy atom. The molecule has 1 N–H and O–H groups in total. The predicted molar refractivity (Wildman–Crippen MR) is 135 cm³/mol. The average Bonchev–Trinajstić information content (AvgIpc) is 3.17. The van der Waals surface area contributed by atoms with Crippen molar-refractivity contribution in [2.45, 2.75) is 45.5 Å². The molecule has 3 rings (SSSR count). The lowest BCUT2D eigenvalue weighted by molar-refractivity contribution is -0.113. The molecular formula is C24H29BrN4O3S. The first kappa shape index (κ1) is 25.1. The number of aromatic nitrogens is 3. The molecule has 1 amide bonds. The molecule has 0 bridgehead atoms. The van der Waals surface area contributed by atoms with Crippen molar-refractivity contribution in [3.8, 4) is 11.5 Å². The third-order valence-corrected chi connectivity index (χ3v) is 6.66. The maximum absolute atomic E-state index is 12.5. The van der Waals surface area contributed by atoms with E-state index in [2.05, 4.69) is 45.3 Å². The summed E-state index contributed by atoms with van der Waals surface area (Å²) in [6.07, 6.45) is -0.307. The van der Waals surface area contributed by atoms with E-state index in [9.17, 15) is 4.79 Å². The van der Waals surface area contributed by atoms with Gasteiger partial charge in [-0.25, -0.2) is 0 Å². The topological polar surface area (TPSA) is 78.3 Å². The van der Waals surface area contributed by atoms with Gasteiger partial charge in [-0.05, 0) is 67.8 Å². The Hall–Kier alpha value is -2.52. The molecule has 3 aromatic rings. The molecule has 1 atom stereocenters. The molecule has 0 saturated heterocycles. The van der Waals surface area contributed by atoms with Crippen LogP contribution < -0.4 is 14.8 Å². The van der Waals surface area contributed by atoms with Crippen molar-refractivity contribution in [2.24, 2.45) is 5.92 Å². The fraction of sp³-hybridized carbons (Fsp3) is 0.375. The number of hydrogen-bond acceptors (Lipinski definition) is 6. The maximum Gasteiger partial charge on any atom is 0.234 e. The Morgan fingerprint density at radius 3 is 2.45 bits per heavy atom. The molecule has 176 valence electrons. The molecule has 33 heavy (non-hydrogen) atoms. The molecule has 0 fully saturated rings. The number of ether oxygens (including phenoxy) is 2. The lowest BCUT2D eigenvalue weighted by Crippen LogP contribution is -2.17. The van der Waals surface area contributed by atoms with Crippen molar-refractivity contribution in [1.82, 2.24) is 14.8 Å². The largest absolute Gasteiger partial charge is 0.497 e. The number of thioether (sulfide) groups is 1. The number of halogens is 1. The van der Waals surface area contributed by atoms with Gasteiger partial charge >= 0.3 is 0 Å². The van der Waals surface area contributed by atoms with E-state index in [0.29, 0.717) is 11.1 Å². The number of carbonyl (C=O) groups excluding carboxylic acids is 1. The van der Waals surface area contributed by atoms with Gasteiger partial charge < -0.3 is 19.4 Å². The van der Waals surface area contributed by atoms with Crippen LogP contribution in [-0.2, 0) is 11.3 Å². The molecule has 7 nitrogen and oxygen atoms in total. The van der Waals surface area contributed by atoms with Crippen LogP contribution in [0.15, 0.2) is 52.1 Å². The normalized spacial score (nSPS) is 12.0. The van der Waals surface area contributed by atoms with Crippen molar-refractivity contribution in [3.63, 3.8) is 0 Å². The molecule has 1 unspecified atom stereocenters. The molecule has 1 aromatic heterocycles. The molecule has 0 saturated carbocycles. The van der Waals surface area contributed by atoms with Gasteiger partial charge in [0.25, 0.3) is 0 Å². The number of nitrogens with one attached hydrogen (secondary N) is 1. The second-order valence-electron chi connectivity index (χ2n) is 8.08. The van der Waals surface area contributed by atoms with E-state index < -0.39 is 0 Å². The minimum absolute atomic E-state index is 0.0927. The van der Waals surface area contributed by atoms with E-state index in [1.54, 1.807) is 7.11 Å². The minimum atomic E-state index is -0.307. The summed E-state index contributed by atoms with van der Waals surface area (Å²) in [5, 5.41) is 12.4. The minimum Gasteiger partial charge on any atom is -0.497 e. The van der Waals surface area contributed by atoms with Crippen LogP contribution in [0.1, 0.15) is 38.3 Å². The van der Waals surface area contributed by atoms with Crippen LogP contribution in [0.25, 0.3) is 0 Å². The molecule has 0 radical (unpaired) electrons. The van der Waals surface area contributed by atoms with Crippen molar-refractivity contribution in [2.75, 3.05) is 18.2 Å². The number of benzene rings is 2. The molecule has 2 aromatic carbocycles. The number of hydrogen-bond donors (Lipinski definition) is 1. The Bertz CT molecular complexity index is 1090. The number of nitrogens with zero attached hydrogens (tertiary/aromatic N) is 3. The van der Waals surface area contributed by atoms with Crippen LogP contribution >= 0.6 is 27.7 Å². The van der Waals surface area contributed by atoms with E-state index in [1.807, 2.05) is 60.9 Å². The number of aryl methyl sites for hydroxylation is 1. The van der Waals surface area contributed by atoms with Gasteiger partial charge in [-0.2, -0.15) is 0 Å². The summed E-state index contributed by atoms with van der Waals surface area (Å²) in [5.74, 6) is 2.75. The smallest absolute Gasteiger partial charge is 0.234 e. The molecule has 9 heteroatoms. The predicted octanol–water partition coefficient (Wildman–Crippen LogP) is 5.88.